The molecule has 0 aliphatic heterocycles. The zero-order valence-corrected chi connectivity index (χ0v) is 8.16. The maximum Gasteiger partial charge on any atom is 0.463 e. The van der Waals surface area contributed by atoms with E-state index in [1.54, 1.807) is 0 Å². The quantitative estimate of drug-likeness (QED) is 0.764. The van der Waals surface area contributed by atoms with E-state index in [4.69, 9.17) is 0 Å². The maximum absolute atomic E-state index is 12.5. The highest BCUT2D eigenvalue weighted by atomic mass is 79.9. The third-order valence-corrected chi connectivity index (χ3v) is 2.41. The van der Waals surface area contributed by atoms with Crippen molar-refractivity contribution in [1.29, 1.82) is 0 Å². The van der Waals surface area contributed by atoms with Gasteiger partial charge in [-0.2, -0.15) is 8.78 Å². The van der Waals surface area contributed by atoms with E-state index in [9.17, 15) is 8.78 Å². The molecule has 0 saturated heterocycles. The first kappa shape index (κ1) is 9.80. The van der Waals surface area contributed by atoms with Crippen molar-refractivity contribution in [1.82, 2.24) is 0 Å². The molecule has 1 aromatic rings. The lowest BCUT2D eigenvalue weighted by Crippen LogP contribution is -2.17. The Morgan fingerprint density at radius 1 is 1.42 bits per heavy atom. The van der Waals surface area contributed by atoms with Crippen molar-refractivity contribution in [2.24, 2.45) is 0 Å². The molecule has 1 rings (SSSR count). The highest BCUT2D eigenvalue weighted by molar-refractivity contribution is 9.50. The molecule has 12 heavy (non-hydrogen) atoms. The summed E-state index contributed by atoms with van der Waals surface area (Å²) < 4.78 is 29.4. The predicted octanol–water partition coefficient (Wildman–Crippen LogP) is 3.46. The molecule has 65 valence electrons. The summed E-state index contributed by atoms with van der Waals surface area (Å²) in [6.45, 7) is 0. The molecule has 0 aromatic heterocycles. The number of rotatable bonds is 3. The van der Waals surface area contributed by atoms with Crippen LogP contribution in [0.5, 0.6) is 5.75 Å². The molecule has 0 amide bonds. The van der Waals surface area contributed by atoms with Gasteiger partial charge in [-0.15, -0.1) is 0 Å². The highest BCUT2D eigenvalue weighted by Crippen LogP contribution is 2.35. The molecule has 1 aromatic carbocycles. The highest BCUT2D eigenvalue weighted by Gasteiger charge is 2.31. The van der Waals surface area contributed by atoms with Crippen LogP contribution in [0.25, 0.3) is 0 Å². The van der Waals surface area contributed by atoms with Gasteiger partial charge < -0.3 is 4.74 Å². The van der Waals surface area contributed by atoms with Gasteiger partial charge in [-0.05, 0) is 33.0 Å². The van der Waals surface area contributed by atoms with Crippen LogP contribution in [0.4, 0.5) is 8.78 Å². The largest absolute Gasteiger partial charge is 0.463 e. The smallest absolute Gasteiger partial charge is 0.424 e. The van der Waals surface area contributed by atoms with E-state index in [0.717, 1.165) is 0 Å². The lowest BCUT2D eigenvalue weighted by atomic mass is 10.3. The van der Waals surface area contributed by atoms with E-state index in [1.165, 1.54) is 24.3 Å². The minimum atomic E-state index is -3.23. The van der Waals surface area contributed by atoms with Crippen molar-refractivity contribution in [3.63, 3.8) is 0 Å². The second-order valence-corrected chi connectivity index (χ2v) is 3.48. The van der Waals surface area contributed by atoms with Gasteiger partial charge in [0.25, 0.3) is 0 Å². The Morgan fingerprint density at radius 2 is 2.00 bits per heavy atom. The van der Waals surface area contributed by atoms with Crippen molar-refractivity contribution in [2.75, 3.05) is 0 Å². The SMILES string of the molecule is FC(F)(Oc1cc[c]cc1)SBr. The van der Waals surface area contributed by atoms with Crippen LogP contribution in [-0.4, -0.2) is 5.44 Å². The molecule has 0 spiro atoms. The molecule has 0 unspecified atom stereocenters. The Morgan fingerprint density at radius 3 is 2.50 bits per heavy atom. The molecule has 0 N–H and O–H groups in total. The Kier molecular flexibility index (Phi) is 3.34. The lowest BCUT2D eigenvalue weighted by molar-refractivity contribution is -0.0862. The van der Waals surface area contributed by atoms with Crippen LogP contribution in [0.15, 0.2) is 24.3 Å². The number of hydrogen-bond donors (Lipinski definition) is 0. The molecule has 0 atom stereocenters. The fourth-order valence-corrected chi connectivity index (χ4v) is 0.919. The standard InChI is InChI=1S/C7H4BrF2OS/c8-12-7(9,10)11-6-4-2-1-3-5-6/h2-5H. The number of halogens is 3. The van der Waals surface area contributed by atoms with Crippen LogP contribution in [-0.2, 0) is 0 Å². The third-order valence-electron chi connectivity index (χ3n) is 1.01. The molecule has 0 heterocycles. The fourth-order valence-electron chi connectivity index (χ4n) is 0.593. The van der Waals surface area contributed by atoms with Crippen molar-refractivity contribution < 1.29 is 13.5 Å². The fraction of sp³-hybridized carbons (Fsp3) is 0.143. The topological polar surface area (TPSA) is 9.23 Å². The van der Waals surface area contributed by atoms with Gasteiger partial charge in [0.1, 0.15) is 5.75 Å². The van der Waals surface area contributed by atoms with Crippen LogP contribution < -0.4 is 4.74 Å². The Bertz CT molecular complexity index is 242. The summed E-state index contributed by atoms with van der Waals surface area (Å²) in [5.41, 5.74) is -3.23. The van der Waals surface area contributed by atoms with Gasteiger partial charge in [0.15, 0.2) is 0 Å². The second kappa shape index (κ2) is 4.09. The van der Waals surface area contributed by atoms with E-state index in [2.05, 4.69) is 25.6 Å². The Balaban J connectivity index is 2.64. The van der Waals surface area contributed by atoms with Crippen LogP contribution in [0, 0.1) is 6.07 Å². The van der Waals surface area contributed by atoms with E-state index in [0.29, 0.717) is 0 Å². The van der Waals surface area contributed by atoms with Gasteiger partial charge in [-0.25, -0.2) is 0 Å². The maximum atomic E-state index is 12.5. The van der Waals surface area contributed by atoms with Gasteiger partial charge in [0.05, 0.1) is 0 Å². The van der Waals surface area contributed by atoms with E-state index >= 15 is 0 Å². The summed E-state index contributed by atoms with van der Waals surface area (Å²) in [5.74, 6) is 0.116. The molecular formula is C7H4BrF2OS. The van der Waals surface area contributed by atoms with Gasteiger partial charge in [-0.3, -0.25) is 0 Å². The zero-order chi connectivity index (χ0) is 9.03. The zero-order valence-electron chi connectivity index (χ0n) is 5.76. The predicted molar refractivity (Wildman–Crippen MR) is 47.4 cm³/mol. The van der Waals surface area contributed by atoms with Gasteiger partial charge >= 0.3 is 5.44 Å². The molecule has 0 bridgehead atoms. The normalized spacial score (nSPS) is 11.2. The molecule has 1 radical (unpaired) electrons. The number of hydrogen-bond acceptors (Lipinski definition) is 2. The van der Waals surface area contributed by atoms with Crippen LogP contribution in [0.1, 0.15) is 0 Å². The van der Waals surface area contributed by atoms with Gasteiger partial charge in [0, 0.05) is 10.2 Å². The summed E-state index contributed by atoms with van der Waals surface area (Å²) in [6.07, 6.45) is 0. The molecule has 0 fully saturated rings. The minimum Gasteiger partial charge on any atom is -0.424 e. The van der Waals surface area contributed by atoms with Crippen molar-refractivity contribution in [3.05, 3.63) is 30.3 Å². The van der Waals surface area contributed by atoms with Crippen molar-refractivity contribution in [3.8, 4) is 5.75 Å². The summed E-state index contributed by atoms with van der Waals surface area (Å²) >= 11 is 2.56. The summed E-state index contributed by atoms with van der Waals surface area (Å²) in [7, 11) is 0.169. The van der Waals surface area contributed by atoms with Gasteiger partial charge in [0.2, 0.25) is 0 Å². The second-order valence-electron chi connectivity index (χ2n) is 1.88. The lowest BCUT2D eigenvalue weighted by Gasteiger charge is -2.13. The number of benzene rings is 1. The third kappa shape index (κ3) is 2.98. The van der Waals surface area contributed by atoms with Crippen molar-refractivity contribution >= 4 is 25.0 Å². The number of ether oxygens (including phenoxy) is 1. The summed E-state index contributed by atoms with van der Waals surface area (Å²) in [4.78, 5) is 0. The minimum absolute atomic E-state index is 0.116. The van der Waals surface area contributed by atoms with Crippen LogP contribution in [0.3, 0.4) is 0 Å². The van der Waals surface area contributed by atoms with E-state index < -0.39 is 5.44 Å². The first-order valence-corrected chi connectivity index (χ1v) is 5.63. The van der Waals surface area contributed by atoms with Crippen LogP contribution >= 0.6 is 25.0 Å². The van der Waals surface area contributed by atoms with Crippen LogP contribution in [0.2, 0.25) is 0 Å². The number of alkyl halides is 2. The van der Waals surface area contributed by atoms with Gasteiger partial charge in [-0.1, -0.05) is 12.1 Å². The molecular weight excluding hydrogens is 250 g/mol. The first-order valence-electron chi connectivity index (χ1n) is 2.97. The monoisotopic (exact) mass is 253 g/mol. The molecule has 1 nitrogen and oxygen atoms in total. The molecule has 5 heteroatoms. The molecule has 0 saturated carbocycles. The molecule has 0 aliphatic carbocycles. The molecule has 0 aliphatic rings. The van der Waals surface area contributed by atoms with Crippen molar-refractivity contribution in [2.45, 2.75) is 5.44 Å². The van der Waals surface area contributed by atoms with E-state index in [-0.39, 0.29) is 15.9 Å². The average molecular weight is 254 g/mol. The summed E-state index contributed by atoms with van der Waals surface area (Å²) in [5, 5.41) is 0. The van der Waals surface area contributed by atoms with E-state index in [1.807, 2.05) is 0 Å². The Labute approximate surface area is 80.3 Å². The summed E-state index contributed by atoms with van der Waals surface area (Å²) in [6, 6.07) is 8.53. The average Bonchev–Trinajstić information content (AvgIpc) is 2.06. The first-order chi connectivity index (χ1) is 5.64. The Hall–Kier alpha value is -0.290.